The van der Waals surface area contributed by atoms with Gasteiger partial charge >= 0.3 is 0 Å². The van der Waals surface area contributed by atoms with Gasteiger partial charge in [-0.1, -0.05) is 0 Å². The summed E-state index contributed by atoms with van der Waals surface area (Å²) in [5.41, 5.74) is 5.47. The van der Waals surface area contributed by atoms with Crippen molar-refractivity contribution >= 4 is 18.3 Å². The molecule has 0 aromatic heterocycles. The van der Waals surface area contributed by atoms with Crippen LogP contribution in [0.25, 0.3) is 0 Å². The van der Waals surface area contributed by atoms with Crippen LogP contribution < -0.4 is 11.1 Å². The maximum absolute atomic E-state index is 10.8. The third-order valence-electron chi connectivity index (χ3n) is 1.58. The van der Waals surface area contributed by atoms with Crippen LogP contribution in [0.4, 0.5) is 0 Å². The van der Waals surface area contributed by atoms with Crippen molar-refractivity contribution < 1.29 is 4.79 Å². The van der Waals surface area contributed by atoms with Crippen LogP contribution in [0.15, 0.2) is 0 Å². The summed E-state index contributed by atoms with van der Waals surface area (Å²) in [5.74, 6) is 0.00694. The number of amides is 1. The molecule has 0 aromatic carbocycles. The van der Waals surface area contributed by atoms with E-state index >= 15 is 0 Å². The van der Waals surface area contributed by atoms with E-state index in [4.69, 9.17) is 5.73 Å². The summed E-state index contributed by atoms with van der Waals surface area (Å²) in [6, 6.07) is -0.257. The Bertz CT molecular complexity index is 118. The minimum absolute atomic E-state index is 0. The molecule has 1 rings (SSSR count). The zero-order chi connectivity index (χ0) is 6.69. The second-order valence-electron chi connectivity index (χ2n) is 2.39. The molecule has 0 aliphatic carbocycles. The van der Waals surface area contributed by atoms with E-state index in [9.17, 15) is 4.79 Å². The Morgan fingerprint density at radius 2 is 2.20 bits per heavy atom. The highest BCUT2D eigenvalue weighted by molar-refractivity contribution is 5.85. The predicted octanol–water partition coefficient (Wildman–Crippen LogP) is 0.0356. The van der Waals surface area contributed by atoms with Gasteiger partial charge in [0.25, 0.3) is 0 Å². The van der Waals surface area contributed by atoms with E-state index in [0.717, 1.165) is 25.8 Å². The Labute approximate surface area is 66.8 Å². The van der Waals surface area contributed by atoms with Crippen molar-refractivity contribution in [2.24, 2.45) is 5.73 Å². The van der Waals surface area contributed by atoms with Crippen molar-refractivity contribution in [3.8, 4) is 0 Å². The van der Waals surface area contributed by atoms with Crippen LogP contribution in [-0.4, -0.2) is 18.5 Å². The Balaban J connectivity index is 0.000000810. The van der Waals surface area contributed by atoms with Gasteiger partial charge in [0, 0.05) is 6.54 Å². The van der Waals surface area contributed by atoms with Crippen LogP contribution in [0.1, 0.15) is 19.3 Å². The van der Waals surface area contributed by atoms with E-state index in [1.807, 2.05) is 0 Å². The van der Waals surface area contributed by atoms with Gasteiger partial charge in [-0.2, -0.15) is 0 Å². The number of nitrogens with two attached hydrogens (primary N) is 1. The smallest absolute Gasteiger partial charge is 0.236 e. The first-order valence-electron chi connectivity index (χ1n) is 3.34. The largest absolute Gasteiger partial charge is 0.355 e. The summed E-state index contributed by atoms with van der Waals surface area (Å²) in [5, 5.41) is 2.73. The molecule has 0 bridgehead atoms. The lowest BCUT2D eigenvalue weighted by Gasteiger charge is -2.03. The van der Waals surface area contributed by atoms with E-state index in [1.54, 1.807) is 0 Å². The monoisotopic (exact) mass is 164 g/mol. The van der Waals surface area contributed by atoms with Crippen LogP contribution in [0.2, 0.25) is 0 Å². The van der Waals surface area contributed by atoms with Crippen molar-refractivity contribution in [3.63, 3.8) is 0 Å². The zero-order valence-corrected chi connectivity index (χ0v) is 6.62. The van der Waals surface area contributed by atoms with E-state index in [-0.39, 0.29) is 24.4 Å². The van der Waals surface area contributed by atoms with Crippen molar-refractivity contribution in [2.75, 3.05) is 6.54 Å². The molecule has 3 N–H and O–H groups in total. The van der Waals surface area contributed by atoms with Gasteiger partial charge < -0.3 is 11.1 Å². The molecule has 0 radical (unpaired) electrons. The molecule has 0 saturated carbocycles. The SMILES string of the molecule is Cl.N[C@@H]1CCCCNC1=O. The normalized spacial score (nSPS) is 26.1. The first kappa shape index (κ1) is 9.72. The van der Waals surface area contributed by atoms with Crippen molar-refractivity contribution in [2.45, 2.75) is 25.3 Å². The predicted molar refractivity (Wildman–Crippen MR) is 42.1 cm³/mol. The summed E-state index contributed by atoms with van der Waals surface area (Å²) in [7, 11) is 0. The lowest BCUT2D eigenvalue weighted by Crippen LogP contribution is -2.38. The molecule has 1 heterocycles. The minimum atomic E-state index is -0.257. The van der Waals surface area contributed by atoms with E-state index in [0.29, 0.717) is 0 Å². The van der Waals surface area contributed by atoms with Gasteiger partial charge in [0.05, 0.1) is 6.04 Å². The first-order chi connectivity index (χ1) is 4.30. The van der Waals surface area contributed by atoms with Crippen LogP contribution in [0.3, 0.4) is 0 Å². The fourth-order valence-corrected chi connectivity index (χ4v) is 0.963. The Kier molecular flexibility index (Phi) is 4.40. The molecule has 3 nitrogen and oxygen atoms in total. The molecule has 1 saturated heterocycles. The second-order valence-corrected chi connectivity index (χ2v) is 2.39. The molecule has 4 heteroatoms. The highest BCUT2D eigenvalue weighted by Gasteiger charge is 2.14. The Hall–Kier alpha value is -0.280. The lowest BCUT2D eigenvalue weighted by atomic mass is 10.1. The quantitative estimate of drug-likeness (QED) is 0.531. The molecule has 0 spiro atoms. The van der Waals surface area contributed by atoms with Gasteiger partial charge in [-0.05, 0) is 19.3 Å². The number of halogens is 1. The van der Waals surface area contributed by atoms with Gasteiger partial charge in [-0.15, -0.1) is 12.4 Å². The Morgan fingerprint density at radius 3 is 2.90 bits per heavy atom. The highest BCUT2D eigenvalue weighted by Crippen LogP contribution is 2.01. The second kappa shape index (κ2) is 4.52. The molecule has 1 aliphatic rings. The minimum Gasteiger partial charge on any atom is -0.355 e. The van der Waals surface area contributed by atoms with Crippen LogP contribution in [0.5, 0.6) is 0 Å². The average Bonchev–Trinajstić information content (AvgIpc) is 1.99. The van der Waals surface area contributed by atoms with Crippen LogP contribution in [-0.2, 0) is 4.79 Å². The molecule has 0 aromatic rings. The summed E-state index contributed by atoms with van der Waals surface area (Å²) in [6.07, 6.45) is 2.98. The molecule has 1 amide bonds. The topological polar surface area (TPSA) is 55.1 Å². The summed E-state index contributed by atoms with van der Waals surface area (Å²) >= 11 is 0. The molecule has 1 atom stereocenters. The summed E-state index contributed by atoms with van der Waals surface area (Å²) < 4.78 is 0. The fourth-order valence-electron chi connectivity index (χ4n) is 0.963. The zero-order valence-electron chi connectivity index (χ0n) is 5.80. The fraction of sp³-hybridized carbons (Fsp3) is 0.833. The number of hydrogen-bond acceptors (Lipinski definition) is 2. The standard InChI is InChI=1S/C6H12N2O.ClH/c7-5-3-1-2-4-8-6(5)9;/h5H,1-4,7H2,(H,8,9);1H/t5-;/m1./s1. The lowest BCUT2D eigenvalue weighted by molar-refractivity contribution is -0.122. The summed E-state index contributed by atoms with van der Waals surface area (Å²) in [4.78, 5) is 10.8. The molecular formula is C6H13ClN2O. The van der Waals surface area contributed by atoms with Crippen LogP contribution >= 0.6 is 12.4 Å². The van der Waals surface area contributed by atoms with Crippen molar-refractivity contribution in [3.05, 3.63) is 0 Å². The Morgan fingerprint density at radius 1 is 1.50 bits per heavy atom. The van der Waals surface area contributed by atoms with Gasteiger partial charge in [0.1, 0.15) is 0 Å². The molecule has 60 valence electrons. The number of hydrogen-bond donors (Lipinski definition) is 2. The number of carbonyl (C=O) groups is 1. The molecular weight excluding hydrogens is 152 g/mol. The maximum atomic E-state index is 10.8. The van der Waals surface area contributed by atoms with Crippen molar-refractivity contribution in [1.82, 2.24) is 5.32 Å². The van der Waals surface area contributed by atoms with E-state index in [2.05, 4.69) is 5.32 Å². The average molecular weight is 165 g/mol. The van der Waals surface area contributed by atoms with E-state index in [1.165, 1.54) is 0 Å². The van der Waals surface area contributed by atoms with Crippen LogP contribution in [0, 0.1) is 0 Å². The van der Waals surface area contributed by atoms with Gasteiger partial charge in [-0.25, -0.2) is 0 Å². The molecule has 10 heavy (non-hydrogen) atoms. The third kappa shape index (κ3) is 2.54. The molecule has 0 unspecified atom stereocenters. The maximum Gasteiger partial charge on any atom is 0.236 e. The van der Waals surface area contributed by atoms with Gasteiger partial charge in [-0.3, -0.25) is 4.79 Å². The third-order valence-corrected chi connectivity index (χ3v) is 1.58. The van der Waals surface area contributed by atoms with E-state index < -0.39 is 0 Å². The summed E-state index contributed by atoms with van der Waals surface area (Å²) in [6.45, 7) is 0.798. The number of nitrogens with one attached hydrogen (secondary N) is 1. The van der Waals surface area contributed by atoms with Crippen molar-refractivity contribution in [1.29, 1.82) is 0 Å². The molecule has 1 aliphatic heterocycles. The first-order valence-corrected chi connectivity index (χ1v) is 3.34. The number of carbonyl (C=O) groups excluding carboxylic acids is 1. The number of rotatable bonds is 0. The van der Waals surface area contributed by atoms with Gasteiger partial charge in [0.2, 0.25) is 5.91 Å². The molecule has 1 fully saturated rings. The van der Waals surface area contributed by atoms with Gasteiger partial charge in [0.15, 0.2) is 0 Å². The highest BCUT2D eigenvalue weighted by atomic mass is 35.5.